The summed E-state index contributed by atoms with van der Waals surface area (Å²) in [7, 11) is 0. The van der Waals surface area contributed by atoms with Crippen molar-refractivity contribution in [2.24, 2.45) is 0 Å². The number of nitrogens with one attached hydrogen (secondary N) is 1. The van der Waals surface area contributed by atoms with Crippen LogP contribution in [0.25, 0.3) is 0 Å². The SMILES string of the molecule is CC.CCNc1ccc(OCCCOCCCOCC(C)=O)c(F)c1.[HH]. The van der Waals surface area contributed by atoms with Crippen LogP contribution in [0.1, 0.15) is 42.0 Å². The number of ether oxygens (including phenoxy) is 3. The zero-order chi connectivity index (χ0) is 18.9. The second-order valence-corrected chi connectivity index (χ2v) is 5.10. The fourth-order valence-electron chi connectivity index (χ4n) is 1.86. The first-order valence-electron chi connectivity index (χ1n) is 8.94. The van der Waals surface area contributed by atoms with Crippen molar-refractivity contribution in [1.29, 1.82) is 0 Å². The molecule has 6 heteroatoms. The minimum Gasteiger partial charge on any atom is -0.490 e. The molecule has 0 aliphatic heterocycles. The molecule has 0 atom stereocenters. The molecule has 5 nitrogen and oxygen atoms in total. The summed E-state index contributed by atoms with van der Waals surface area (Å²) in [6.07, 6.45) is 1.43. The second kappa shape index (κ2) is 15.8. The number of halogens is 1. The molecule has 0 saturated heterocycles. The monoisotopic (exact) mass is 359 g/mol. The number of hydrogen-bond acceptors (Lipinski definition) is 5. The van der Waals surface area contributed by atoms with Crippen LogP contribution < -0.4 is 10.1 Å². The molecular formula is C19H34FNO4. The summed E-state index contributed by atoms with van der Waals surface area (Å²) in [6.45, 7) is 10.4. The number of Topliss-reactive ketones (excluding diaryl/α,β-unsaturated/α-hetero) is 1. The maximum atomic E-state index is 13.7. The van der Waals surface area contributed by atoms with Crippen LogP contribution in [-0.4, -0.2) is 45.4 Å². The van der Waals surface area contributed by atoms with E-state index in [0.29, 0.717) is 32.8 Å². The Morgan fingerprint density at radius 2 is 1.76 bits per heavy atom. The standard InChI is InChI=1S/C17H26FNO4.C2H6.H2/c1-3-19-15-6-7-17(16(18)12-15)23-11-5-9-21-8-4-10-22-13-14(2)20;1-2;/h6-7,12,19H,3-5,8-11,13H2,1-2H3;1-2H3;1H. The summed E-state index contributed by atoms with van der Waals surface area (Å²) in [5.74, 6) is -0.0925. The molecule has 146 valence electrons. The Labute approximate surface area is 152 Å². The van der Waals surface area contributed by atoms with Crippen molar-refractivity contribution in [3.05, 3.63) is 24.0 Å². The third kappa shape index (κ3) is 12.4. The van der Waals surface area contributed by atoms with Gasteiger partial charge in [0.25, 0.3) is 0 Å². The van der Waals surface area contributed by atoms with Crippen LogP contribution >= 0.6 is 0 Å². The van der Waals surface area contributed by atoms with Crippen LogP contribution in [0.2, 0.25) is 0 Å². The summed E-state index contributed by atoms with van der Waals surface area (Å²) < 4.78 is 29.7. The van der Waals surface area contributed by atoms with Crippen molar-refractivity contribution < 1.29 is 24.8 Å². The summed E-state index contributed by atoms with van der Waals surface area (Å²) in [5.41, 5.74) is 0.743. The molecule has 1 rings (SSSR count). The van der Waals surface area contributed by atoms with Gasteiger partial charge in [-0.15, -0.1) is 0 Å². The van der Waals surface area contributed by atoms with Crippen molar-refractivity contribution in [2.75, 3.05) is 44.9 Å². The van der Waals surface area contributed by atoms with Gasteiger partial charge >= 0.3 is 0 Å². The van der Waals surface area contributed by atoms with Gasteiger partial charge in [0.2, 0.25) is 0 Å². The first kappa shape index (κ1) is 23.3. The van der Waals surface area contributed by atoms with Gasteiger partial charge in [-0.25, -0.2) is 4.39 Å². The fourth-order valence-corrected chi connectivity index (χ4v) is 1.86. The lowest BCUT2D eigenvalue weighted by Gasteiger charge is -2.09. The van der Waals surface area contributed by atoms with Gasteiger partial charge in [0.1, 0.15) is 6.61 Å². The summed E-state index contributed by atoms with van der Waals surface area (Å²) >= 11 is 0. The van der Waals surface area contributed by atoms with Crippen LogP contribution in [0.15, 0.2) is 18.2 Å². The van der Waals surface area contributed by atoms with E-state index in [0.717, 1.165) is 18.7 Å². The lowest BCUT2D eigenvalue weighted by molar-refractivity contribution is -0.121. The van der Waals surface area contributed by atoms with Crippen LogP contribution in [0, 0.1) is 5.82 Å². The van der Waals surface area contributed by atoms with Gasteiger partial charge in [-0.1, -0.05) is 13.8 Å². The largest absolute Gasteiger partial charge is 0.490 e. The number of ketones is 1. The van der Waals surface area contributed by atoms with Crippen LogP contribution in [0.5, 0.6) is 5.75 Å². The molecule has 0 unspecified atom stereocenters. The first-order valence-corrected chi connectivity index (χ1v) is 8.94. The molecule has 0 bridgehead atoms. The van der Waals surface area contributed by atoms with E-state index in [1.54, 1.807) is 12.1 Å². The minimum absolute atomic E-state index is 0. The van der Waals surface area contributed by atoms with Crippen LogP contribution in [0.3, 0.4) is 0 Å². The molecule has 1 aromatic carbocycles. The lowest BCUT2D eigenvalue weighted by Crippen LogP contribution is -2.08. The molecule has 0 aromatic heterocycles. The highest BCUT2D eigenvalue weighted by atomic mass is 19.1. The van der Waals surface area contributed by atoms with Crippen molar-refractivity contribution in [1.82, 2.24) is 0 Å². The molecule has 0 amide bonds. The Balaban J connectivity index is 0. The second-order valence-electron chi connectivity index (χ2n) is 5.10. The smallest absolute Gasteiger partial charge is 0.167 e. The Kier molecular flexibility index (Phi) is 14.8. The number of rotatable bonds is 13. The van der Waals surface area contributed by atoms with E-state index in [-0.39, 0.29) is 25.4 Å². The zero-order valence-electron chi connectivity index (χ0n) is 15.9. The van der Waals surface area contributed by atoms with E-state index >= 15 is 0 Å². The van der Waals surface area contributed by atoms with Gasteiger partial charge < -0.3 is 19.5 Å². The predicted molar refractivity (Wildman–Crippen MR) is 101 cm³/mol. The Morgan fingerprint density at radius 3 is 2.36 bits per heavy atom. The molecular weight excluding hydrogens is 325 g/mol. The molecule has 0 radical (unpaired) electrons. The number of carbonyl (C=O) groups excluding carboxylic acids is 1. The van der Waals surface area contributed by atoms with Gasteiger partial charge in [-0.05, 0) is 32.4 Å². The zero-order valence-corrected chi connectivity index (χ0v) is 15.9. The number of hydrogen-bond donors (Lipinski definition) is 1. The van der Waals surface area contributed by atoms with Crippen LogP contribution in [-0.2, 0) is 14.3 Å². The maximum Gasteiger partial charge on any atom is 0.167 e. The average Bonchev–Trinajstić information content (AvgIpc) is 2.60. The third-order valence-corrected chi connectivity index (χ3v) is 2.89. The number of anilines is 1. The molecule has 0 heterocycles. The molecule has 0 aliphatic rings. The average molecular weight is 359 g/mol. The molecule has 1 N–H and O–H groups in total. The molecule has 25 heavy (non-hydrogen) atoms. The van der Waals surface area contributed by atoms with Crippen molar-refractivity contribution >= 4 is 11.5 Å². The highest BCUT2D eigenvalue weighted by Gasteiger charge is 2.04. The van der Waals surface area contributed by atoms with E-state index in [2.05, 4.69) is 5.32 Å². The molecule has 0 fully saturated rings. The van der Waals surface area contributed by atoms with Crippen molar-refractivity contribution in [3.8, 4) is 5.75 Å². The van der Waals surface area contributed by atoms with E-state index in [1.165, 1.54) is 13.0 Å². The first-order chi connectivity index (χ1) is 12.1. The summed E-state index contributed by atoms with van der Waals surface area (Å²) in [4.78, 5) is 10.6. The third-order valence-electron chi connectivity index (χ3n) is 2.89. The lowest BCUT2D eigenvalue weighted by atomic mass is 10.3. The van der Waals surface area contributed by atoms with Gasteiger partial charge in [-0.3, -0.25) is 4.79 Å². The van der Waals surface area contributed by atoms with Gasteiger partial charge in [0.15, 0.2) is 17.3 Å². The maximum absolute atomic E-state index is 13.7. The Bertz CT molecular complexity index is 475. The highest BCUT2D eigenvalue weighted by molar-refractivity contribution is 5.76. The van der Waals surface area contributed by atoms with E-state index in [4.69, 9.17) is 14.2 Å². The van der Waals surface area contributed by atoms with E-state index < -0.39 is 0 Å². The van der Waals surface area contributed by atoms with E-state index in [1.807, 2.05) is 20.8 Å². The van der Waals surface area contributed by atoms with Crippen LogP contribution in [0.4, 0.5) is 10.1 Å². The highest BCUT2D eigenvalue weighted by Crippen LogP contribution is 2.21. The molecule has 0 saturated carbocycles. The van der Waals surface area contributed by atoms with E-state index in [9.17, 15) is 9.18 Å². The molecule has 1 aromatic rings. The predicted octanol–water partition coefficient (Wildman–Crippen LogP) is 4.31. The minimum atomic E-state index is -0.369. The summed E-state index contributed by atoms with van der Waals surface area (Å²) in [6, 6.07) is 4.84. The Hall–Kier alpha value is -1.66. The molecule has 0 spiro atoms. The topological polar surface area (TPSA) is 56.8 Å². The van der Waals surface area contributed by atoms with Crippen molar-refractivity contribution in [3.63, 3.8) is 0 Å². The van der Waals surface area contributed by atoms with Gasteiger partial charge in [-0.2, -0.15) is 0 Å². The number of carbonyl (C=O) groups is 1. The van der Waals surface area contributed by atoms with Gasteiger partial charge in [0.05, 0.1) is 6.61 Å². The van der Waals surface area contributed by atoms with Crippen molar-refractivity contribution in [2.45, 2.75) is 40.5 Å². The Morgan fingerprint density at radius 1 is 1.12 bits per heavy atom. The number of benzene rings is 1. The van der Waals surface area contributed by atoms with Gasteiger partial charge in [0, 0.05) is 46.0 Å². The molecule has 0 aliphatic carbocycles. The normalized spacial score (nSPS) is 9.96. The summed E-state index contributed by atoms with van der Waals surface area (Å²) in [5, 5.41) is 3.04. The quantitative estimate of drug-likeness (QED) is 0.532. The fraction of sp³-hybridized carbons (Fsp3) is 0.632.